The second kappa shape index (κ2) is 8.22. The highest BCUT2D eigenvalue weighted by Gasteiger charge is 2.11. The van der Waals surface area contributed by atoms with Crippen LogP contribution >= 0.6 is 36.4 Å². The molecule has 0 saturated heterocycles. The number of nitrogens with one attached hydrogen (secondary N) is 1. The SMILES string of the molecule is CS(=O)(=O)c1cnc2ccc(Nc3cc(F)c(O)c(Cl)c3)nc2c1.Cl.Cl. The lowest BCUT2D eigenvalue weighted by atomic mass is 10.2. The molecule has 3 aromatic rings. The van der Waals surface area contributed by atoms with Crippen molar-refractivity contribution < 1.29 is 17.9 Å². The third-order valence-corrected chi connectivity index (χ3v) is 4.60. The van der Waals surface area contributed by atoms with Gasteiger partial charge in [-0.25, -0.2) is 17.8 Å². The van der Waals surface area contributed by atoms with E-state index in [0.717, 1.165) is 12.3 Å². The van der Waals surface area contributed by atoms with Crippen LogP contribution in [0.4, 0.5) is 15.9 Å². The Hall–Kier alpha value is -1.87. The minimum absolute atomic E-state index is 0. The Balaban J connectivity index is 0.00000169. The summed E-state index contributed by atoms with van der Waals surface area (Å²) in [6.45, 7) is 0. The summed E-state index contributed by atoms with van der Waals surface area (Å²) < 4.78 is 36.7. The molecule has 0 aliphatic carbocycles. The summed E-state index contributed by atoms with van der Waals surface area (Å²) in [5, 5.41) is 12.0. The summed E-state index contributed by atoms with van der Waals surface area (Å²) in [6, 6.07) is 7.08. The number of fused-ring (bicyclic) bond motifs is 1. The van der Waals surface area contributed by atoms with E-state index in [4.69, 9.17) is 11.6 Å². The molecular formula is C15H13Cl3FN3O3S. The van der Waals surface area contributed by atoms with Crippen molar-refractivity contribution >= 4 is 68.8 Å². The van der Waals surface area contributed by atoms with Gasteiger partial charge < -0.3 is 10.4 Å². The van der Waals surface area contributed by atoms with Crippen LogP contribution in [0.15, 0.2) is 41.4 Å². The van der Waals surface area contributed by atoms with E-state index < -0.39 is 21.4 Å². The molecule has 0 fully saturated rings. The van der Waals surface area contributed by atoms with Crippen molar-refractivity contribution in [3.63, 3.8) is 0 Å². The zero-order chi connectivity index (χ0) is 17.5. The molecule has 0 aliphatic heterocycles. The molecule has 0 saturated carbocycles. The first-order valence-electron chi connectivity index (χ1n) is 6.66. The number of hydrogen-bond acceptors (Lipinski definition) is 6. The minimum Gasteiger partial charge on any atom is -0.504 e. The number of aromatic hydroxyl groups is 1. The van der Waals surface area contributed by atoms with Gasteiger partial charge in [0, 0.05) is 24.2 Å². The molecule has 0 spiro atoms. The van der Waals surface area contributed by atoms with Crippen molar-refractivity contribution in [2.45, 2.75) is 4.90 Å². The Morgan fingerprint density at radius 3 is 2.46 bits per heavy atom. The van der Waals surface area contributed by atoms with E-state index in [1.807, 2.05) is 0 Å². The number of aromatic nitrogens is 2. The Morgan fingerprint density at radius 1 is 1.15 bits per heavy atom. The lowest BCUT2D eigenvalue weighted by Crippen LogP contribution is -2.00. The quantitative estimate of drug-likeness (QED) is 0.595. The number of nitrogens with zero attached hydrogens (tertiary/aromatic N) is 2. The van der Waals surface area contributed by atoms with E-state index in [2.05, 4.69) is 15.3 Å². The molecule has 11 heteroatoms. The topological polar surface area (TPSA) is 92.2 Å². The fourth-order valence-electron chi connectivity index (χ4n) is 2.05. The zero-order valence-electron chi connectivity index (χ0n) is 13.1. The van der Waals surface area contributed by atoms with E-state index in [1.165, 1.54) is 18.3 Å². The second-order valence-corrected chi connectivity index (χ2v) is 7.51. The standard InChI is InChI=1S/C15H11ClFN3O3S.2ClH/c1-24(22,23)9-6-13-12(18-7-9)2-3-14(20-13)19-8-4-10(16)15(21)11(17)5-8;;/h2-7,21H,1H3,(H,19,20);2*1H. The molecule has 0 atom stereocenters. The van der Waals surface area contributed by atoms with Crippen molar-refractivity contribution in [3.05, 3.63) is 47.4 Å². The number of sulfone groups is 1. The van der Waals surface area contributed by atoms with Gasteiger partial charge in [-0.05, 0) is 24.3 Å². The van der Waals surface area contributed by atoms with E-state index >= 15 is 0 Å². The molecule has 2 heterocycles. The first-order chi connectivity index (χ1) is 11.2. The molecule has 1 aromatic carbocycles. The molecule has 0 unspecified atom stereocenters. The van der Waals surface area contributed by atoms with Gasteiger partial charge in [0.05, 0.1) is 21.0 Å². The van der Waals surface area contributed by atoms with Crippen LogP contribution in [-0.2, 0) is 9.84 Å². The summed E-state index contributed by atoms with van der Waals surface area (Å²) in [5.74, 6) is -1.15. The van der Waals surface area contributed by atoms with Crippen LogP contribution in [0.5, 0.6) is 5.75 Å². The maximum absolute atomic E-state index is 13.5. The minimum atomic E-state index is -3.40. The molecule has 6 nitrogen and oxygen atoms in total. The summed E-state index contributed by atoms with van der Waals surface area (Å²) in [5.41, 5.74) is 1.17. The number of phenols is 1. The molecular weight excluding hydrogens is 428 g/mol. The maximum atomic E-state index is 13.5. The smallest absolute Gasteiger partial charge is 0.177 e. The normalized spacial score (nSPS) is 10.7. The van der Waals surface area contributed by atoms with Gasteiger partial charge in [-0.3, -0.25) is 4.98 Å². The maximum Gasteiger partial charge on any atom is 0.177 e. The Bertz CT molecular complexity index is 1040. The Labute approximate surface area is 166 Å². The van der Waals surface area contributed by atoms with Crippen molar-refractivity contribution in [1.82, 2.24) is 9.97 Å². The third kappa shape index (κ3) is 4.64. The summed E-state index contributed by atoms with van der Waals surface area (Å²) in [6.07, 6.45) is 2.35. The zero-order valence-corrected chi connectivity index (χ0v) is 16.3. The highest BCUT2D eigenvalue weighted by atomic mass is 35.5. The van der Waals surface area contributed by atoms with E-state index in [-0.39, 0.29) is 40.4 Å². The Morgan fingerprint density at radius 2 is 1.85 bits per heavy atom. The molecule has 0 aliphatic rings. The number of phenolic OH excluding ortho intramolecular Hbond substituents is 1. The van der Waals surface area contributed by atoms with Crippen LogP contribution < -0.4 is 5.32 Å². The van der Waals surface area contributed by atoms with Gasteiger partial charge in [-0.15, -0.1) is 24.8 Å². The second-order valence-electron chi connectivity index (χ2n) is 5.09. The van der Waals surface area contributed by atoms with Gasteiger partial charge in [0.1, 0.15) is 5.82 Å². The van der Waals surface area contributed by atoms with Crippen LogP contribution in [0.1, 0.15) is 0 Å². The number of halogens is 4. The van der Waals surface area contributed by atoms with Crippen LogP contribution in [0.25, 0.3) is 11.0 Å². The van der Waals surface area contributed by atoms with Gasteiger partial charge in [0.25, 0.3) is 0 Å². The van der Waals surface area contributed by atoms with Crippen molar-refractivity contribution in [1.29, 1.82) is 0 Å². The fraction of sp³-hybridized carbons (Fsp3) is 0.0667. The number of pyridine rings is 2. The predicted octanol–water partition coefficient (Wildman–Crippen LogP) is 4.12. The molecule has 140 valence electrons. The first-order valence-corrected chi connectivity index (χ1v) is 8.93. The summed E-state index contributed by atoms with van der Waals surface area (Å²) in [4.78, 5) is 8.37. The van der Waals surface area contributed by atoms with Gasteiger partial charge in [-0.2, -0.15) is 0 Å². The van der Waals surface area contributed by atoms with Crippen molar-refractivity contribution in [2.24, 2.45) is 0 Å². The number of hydrogen-bond donors (Lipinski definition) is 2. The predicted molar refractivity (Wildman–Crippen MR) is 104 cm³/mol. The largest absolute Gasteiger partial charge is 0.504 e. The Kier molecular flexibility index (Phi) is 7.01. The summed E-state index contributed by atoms with van der Waals surface area (Å²) >= 11 is 5.72. The number of rotatable bonds is 3. The fourth-order valence-corrected chi connectivity index (χ4v) is 2.82. The molecule has 0 bridgehead atoms. The molecule has 3 rings (SSSR count). The van der Waals surface area contributed by atoms with E-state index in [0.29, 0.717) is 16.9 Å². The van der Waals surface area contributed by atoms with E-state index in [1.54, 1.807) is 12.1 Å². The molecule has 0 amide bonds. The highest BCUT2D eigenvalue weighted by Crippen LogP contribution is 2.31. The number of anilines is 2. The number of benzene rings is 1. The van der Waals surface area contributed by atoms with Crippen LogP contribution in [0.2, 0.25) is 5.02 Å². The summed E-state index contributed by atoms with van der Waals surface area (Å²) in [7, 11) is -3.40. The lowest BCUT2D eigenvalue weighted by molar-refractivity contribution is 0.433. The molecule has 0 radical (unpaired) electrons. The van der Waals surface area contributed by atoms with Crippen molar-refractivity contribution in [2.75, 3.05) is 11.6 Å². The molecule has 2 aromatic heterocycles. The average molecular weight is 441 g/mol. The average Bonchev–Trinajstić information content (AvgIpc) is 2.51. The van der Waals surface area contributed by atoms with Gasteiger partial charge in [0.15, 0.2) is 21.4 Å². The van der Waals surface area contributed by atoms with Gasteiger partial charge in [0.2, 0.25) is 0 Å². The molecule has 2 N–H and O–H groups in total. The van der Waals surface area contributed by atoms with Crippen LogP contribution in [0.3, 0.4) is 0 Å². The van der Waals surface area contributed by atoms with Crippen LogP contribution in [-0.4, -0.2) is 29.7 Å². The highest BCUT2D eigenvalue weighted by molar-refractivity contribution is 7.90. The van der Waals surface area contributed by atoms with Gasteiger partial charge >= 0.3 is 0 Å². The van der Waals surface area contributed by atoms with Crippen molar-refractivity contribution in [3.8, 4) is 5.75 Å². The first kappa shape index (κ1) is 22.2. The molecule has 26 heavy (non-hydrogen) atoms. The lowest BCUT2D eigenvalue weighted by Gasteiger charge is -2.09. The monoisotopic (exact) mass is 439 g/mol. The van der Waals surface area contributed by atoms with Crippen LogP contribution in [0, 0.1) is 5.82 Å². The van der Waals surface area contributed by atoms with E-state index in [9.17, 15) is 17.9 Å². The third-order valence-electron chi connectivity index (χ3n) is 3.23. The van der Waals surface area contributed by atoms with Gasteiger partial charge in [-0.1, -0.05) is 11.6 Å².